The highest BCUT2D eigenvalue weighted by Gasteiger charge is 2.00. The first-order chi connectivity index (χ1) is 5.79. The number of aryl methyl sites for hydroxylation is 1. The average Bonchev–Trinajstić information content (AvgIpc) is 2.46. The van der Waals surface area contributed by atoms with Crippen molar-refractivity contribution in [2.24, 2.45) is 0 Å². The average molecular weight is 217 g/mol. The number of H-pyrrole nitrogens is 1. The normalized spacial score (nSPS) is 10.0. The Labute approximate surface area is 87.7 Å². The second kappa shape index (κ2) is 3.99. The summed E-state index contributed by atoms with van der Waals surface area (Å²) in [5.74, 6) is 1.27. The van der Waals surface area contributed by atoms with Crippen molar-refractivity contribution in [3.63, 3.8) is 0 Å². The van der Waals surface area contributed by atoms with E-state index < -0.39 is 0 Å². The first-order valence-corrected chi connectivity index (χ1v) is 4.34. The Morgan fingerprint density at radius 1 is 1.46 bits per heavy atom. The van der Waals surface area contributed by atoms with Crippen molar-refractivity contribution in [3.8, 4) is 0 Å². The molecule has 0 saturated carbocycles. The topological polar surface area (TPSA) is 28.7 Å². The van der Waals surface area contributed by atoms with Gasteiger partial charge in [-0.25, -0.2) is 4.98 Å². The maximum Gasteiger partial charge on any atom is 0.122 e. The number of benzene rings is 1. The zero-order valence-electron chi connectivity index (χ0n) is 7.17. The lowest BCUT2D eigenvalue weighted by Crippen LogP contribution is -1.77. The highest BCUT2D eigenvalue weighted by molar-refractivity contribution is 6.16. The van der Waals surface area contributed by atoms with Crippen LogP contribution in [0.4, 0.5) is 0 Å². The van der Waals surface area contributed by atoms with Crippen LogP contribution in [0.1, 0.15) is 11.4 Å². The fraction of sp³-hybridized carbons (Fsp3) is 0.222. The minimum Gasteiger partial charge on any atom is -0.341 e. The molecule has 1 heterocycles. The lowest BCUT2D eigenvalue weighted by molar-refractivity contribution is 1.13. The maximum atomic E-state index is 5.64. The molecule has 0 spiro atoms. The van der Waals surface area contributed by atoms with E-state index in [1.165, 1.54) is 5.56 Å². The van der Waals surface area contributed by atoms with Crippen LogP contribution in [0.5, 0.6) is 0 Å². The highest BCUT2D eigenvalue weighted by atomic mass is 35.5. The summed E-state index contributed by atoms with van der Waals surface area (Å²) >= 11 is 5.64. The molecule has 2 nitrogen and oxygen atoms in total. The Morgan fingerprint density at radius 2 is 2.23 bits per heavy atom. The maximum absolute atomic E-state index is 5.64. The van der Waals surface area contributed by atoms with Crippen LogP contribution in [-0.2, 0) is 5.88 Å². The minimum absolute atomic E-state index is 0. The lowest BCUT2D eigenvalue weighted by Gasteiger charge is -1.89. The Morgan fingerprint density at radius 3 is 2.92 bits per heavy atom. The first kappa shape index (κ1) is 10.4. The van der Waals surface area contributed by atoms with Gasteiger partial charge in [0.2, 0.25) is 0 Å². The van der Waals surface area contributed by atoms with Crippen LogP contribution in [0.2, 0.25) is 0 Å². The third-order valence-corrected chi connectivity index (χ3v) is 2.07. The zero-order chi connectivity index (χ0) is 8.55. The number of rotatable bonds is 1. The Kier molecular flexibility index (Phi) is 3.17. The SMILES string of the molecule is Cc1ccc2nc(CCl)[nH]c2c1.Cl. The number of alkyl halides is 1. The number of hydrogen-bond donors (Lipinski definition) is 1. The van der Waals surface area contributed by atoms with Crippen LogP contribution >= 0.6 is 24.0 Å². The molecule has 0 aliphatic heterocycles. The van der Waals surface area contributed by atoms with Gasteiger partial charge in [0.25, 0.3) is 0 Å². The molecule has 0 aliphatic rings. The molecule has 13 heavy (non-hydrogen) atoms. The van der Waals surface area contributed by atoms with E-state index in [0.717, 1.165) is 16.9 Å². The number of aromatic amines is 1. The summed E-state index contributed by atoms with van der Waals surface area (Å²) < 4.78 is 0. The monoisotopic (exact) mass is 216 g/mol. The van der Waals surface area contributed by atoms with Crippen LogP contribution in [0.3, 0.4) is 0 Å². The van der Waals surface area contributed by atoms with E-state index in [0.29, 0.717) is 5.88 Å². The molecule has 0 fully saturated rings. The van der Waals surface area contributed by atoms with Crippen molar-refractivity contribution < 1.29 is 0 Å². The smallest absolute Gasteiger partial charge is 0.122 e. The summed E-state index contributed by atoms with van der Waals surface area (Å²) in [6, 6.07) is 6.11. The number of imidazole rings is 1. The molecule has 0 saturated heterocycles. The van der Waals surface area contributed by atoms with E-state index in [1.54, 1.807) is 0 Å². The van der Waals surface area contributed by atoms with Gasteiger partial charge in [-0.05, 0) is 24.6 Å². The van der Waals surface area contributed by atoms with E-state index in [2.05, 4.69) is 23.0 Å². The molecule has 0 aliphatic carbocycles. The number of halogens is 2. The van der Waals surface area contributed by atoms with Crippen molar-refractivity contribution in [2.45, 2.75) is 12.8 Å². The molecule has 2 rings (SSSR count). The third-order valence-electron chi connectivity index (χ3n) is 1.81. The Balaban J connectivity index is 0.000000845. The zero-order valence-corrected chi connectivity index (χ0v) is 8.75. The van der Waals surface area contributed by atoms with E-state index in [-0.39, 0.29) is 12.4 Å². The molecule has 70 valence electrons. The molecule has 0 bridgehead atoms. The lowest BCUT2D eigenvalue weighted by atomic mass is 10.2. The van der Waals surface area contributed by atoms with Gasteiger partial charge >= 0.3 is 0 Å². The van der Waals surface area contributed by atoms with Gasteiger partial charge in [-0.15, -0.1) is 24.0 Å². The van der Waals surface area contributed by atoms with Gasteiger partial charge in [-0.1, -0.05) is 6.07 Å². The van der Waals surface area contributed by atoms with Crippen LogP contribution < -0.4 is 0 Å². The molecular formula is C9H10Cl2N2. The summed E-state index contributed by atoms with van der Waals surface area (Å²) in [4.78, 5) is 7.43. The quantitative estimate of drug-likeness (QED) is 0.730. The molecule has 1 aromatic heterocycles. The molecule has 1 N–H and O–H groups in total. The number of fused-ring (bicyclic) bond motifs is 1. The Hall–Kier alpha value is -0.730. The summed E-state index contributed by atoms with van der Waals surface area (Å²) in [5, 5.41) is 0. The standard InChI is InChI=1S/C9H9ClN2.ClH/c1-6-2-3-7-8(4-6)12-9(5-10)11-7;/h2-4H,5H2,1H3,(H,11,12);1H. The van der Waals surface area contributed by atoms with E-state index >= 15 is 0 Å². The molecule has 1 aromatic carbocycles. The number of hydrogen-bond acceptors (Lipinski definition) is 1. The van der Waals surface area contributed by atoms with Crippen molar-refractivity contribution >= 4 is 35.0 Å². The van der Waals surface area contributed by atoms with E-state index in [4.69, 9.17) is 11.6 Å². The largest absolute Gasteiger partial charge is 0.341 e. The van der Waals surface area contributed by atoms with Crippen LogP contribution in [0, 0.1) is 6.92 Å². The van der Waals surface area contributed by atoms with E-state index in [1.807, 2.05) is 12.1 Å². The summed E-state index contributed by atoms with van der Waals surface area (Å²) in [7, 11) is 0. The van der Waals surface area contributed by atoms with Gasteiger partial charge in [-0.2, -0.15) is 0 Å². The third kappa shape index (κ3) is 1.95. The molecule has 2 aromatic rings. The second-order valence-corrected chi connectivity index (χ2v) is 3.10. The number of aromatic nitrogens is 2. The van der Waals surface area contributed by atoms with Crippen molar-refractivity contribution in [2.75, 3.05) is 0 Å². The van der Waals surface area contributed by atoms with Gasteiger partial charge in [0, 0.05) is 0 Å². The predicted octanol–water partition coefficient (Wildman–Crippen LogP) is 3.03. The van der Waals surface area contributed by atoms with Crippen molar-refractivity contribution in [1.82, 2.24) is 9.97 Å². The van der Waals surface area contributed by atoms with Gasteiger partial charge in [0.1, 0.15) is 5.82 Å². The van der Waals surface area contributed by atoms with Gasteiger partial charge in [0.05, 0.1) is 16.9 Å². The molecule has 0 unspecified atom stereocenters. The molecule has 0 radical (unpaired) electrons. The van der Waals surface area contributed by atoms with Crippen LogP contribution in [-0.4, -0.2) is 9.97 Å². The molecule has 0 amide bonds. The van der Waals surface area contributed by atoms with E-state index in [9.17, 15) is 0 Å². The first-order valence-electron chi connectivity index (χ1n) is 3.81. The number of nitrogens with zero attached hydrogens (tertiary/aromatic N) is 1. The van der Waals surface area contributed by atoms with Gasteiger partial charge < -0.3 is 4.98 Å². The summed E-state index contributed by atoms with van der Waals surface area (Å²) in [6.45, 7) is 2.06. The fourth-order valence-electron chi connectivity index (χ4n) is 1.24. The molecular weight excluding hydrogens is 207 g/mol. The minimum atomic E-state index is 0. The fourth-order valence-corrected chi connectivity index (χ4v) is 1.37. The van der Waals surface area contributed by atoms with Crippen molar-refractivity contribution in [1.29, 1.82) is 0 Å². The summed E-state index contributed by atoms with van der Waals surface area (Å²) in [5.41, 5.74) is 3.27. The van der Waals surface area contributed by atoms with Crippen LogP contribution in [0.15, 0.2) is 18.2 Å². The highest BCUT2D eigenvalue weighted by Crippen LogP contribution is 2.13. The second-order valence-electron chi connectivity index (χ2n) is 2.84. The molecule has 4 heteroatoms. The van der Waals surface area contributed by atoms with Crippen molar-refractivity contribution in [3.05, 3.63) is 29.6 Å². The van der Waals surface area contributed by atoms with Gasteiger partial charge in [-0.3, -0.25) is 0 Å². The molecule has 0 atom stereocenters. The van der Waals surface area contributed by atoms with Crippen LogP contribution in [0.25, 0.3) is 11.0 Å². The Bertz CT molecular complexity index is 409. The van der Waals surface area contributed by atoms with Gasteiger partial charge in [0.15, 0.2) is 0 Å². The predicted molar refractivity (Wildman–Crippen MR) is 57.6 cm³/mol. The number of nitrogens with one attached hydrogen (secondary N) is 1. The summed E-state index contributed by atoms with van der Waals surface area (Å²) in [6.07, 6.45) is 0.